The first-order chi connectivity index (χ1) is 32.1. The lowest BCUT2D eigenvalue weighted by molar-refractivity contribution is -0.136. The maximum absolute atomic E-state index is 13.1. The van der Waals surface area contributed by atoms with Crippen molar-refractivity contribution in [2.45, 2.75) is 82.5 Å². The molecule has 6 aromatic rings. The fourth-order valence-corrected chi connectivity index (χ4v) is 9.30. The van der Waals surface area contributed by atoms with E-state index < -0.39 is 29.7 Å². The van der Waals surface area contributed by atoms with Crippen LogP contribution in [0.5, 0.6) is 0 Å². The Labute approximate surface area is 381 Å². The molecule has 1 saturated heterocycles. The number of benzene rings is 4. The van der Waals surface area contributed by atoms with Crippen molar-refractivity contribution in [1.29, 1.82) is 5.41 Å². The van der Waals surface area contributed by atoms with E-state index in [0.717, 1.165) is 75.1 Å². The number of carbonyl (C=O) groups is 5. The van der Waals surface area contributed by atoms with Gasteiger partial charge in [-0.15, -0.1) is 0 Å². The Kier molecular flexibility index (Phi) is 12.7. The van der Waals surface area contributed by atoms with Crippen LogP contribution in [0.4, 0.5) is 5.69 Å². The summed E-state index contributed by atoms with van der Waals surface area (Å²) in [7, 11) is 0. The number of fused-ring (bicyclic) bond motifs is 2. The van der Waals surface area contributed by atoms with Crippen LogP contribution in [-0.4, -0.2) is 78.9 Å². The van der Waals surface area contributed by atoms with Crippen LogP contribution >= 0.6 is 0 Å². The van der Waals surface area contributed by atoms with Gasteiger partial charge in [0.1, 0.15) is 17.2 Å². The molecule has 0 spiro atoms. The van der Waals surface area contributed by atoms with Crippen molar-refractivity contribution in [3.05, 3.63) is 137 Å². The highest BCUT2D eigenvalue weighted by Crippen LogP contribution is 2.40. The first-order valence-electron chi connectivity index (χ1n) is 22.6. The number of carbonyl (C=O) groups excluding carboxylic acids is 5. The number of hydrogen-bond acceptors (Lipinski definition) is 9. The summed E-state index contributed by atoms with van der Waals surface area (Å²) in [5.74, 6) is 4.09. The van der Waals surface area contributed by atoms with E-state index in [4.69, 9.17) is 4.98 Å². The topological polar surface area (TPSA) is 192 Å². The summed E-state index contributed by atoms with van der Waals surface area (Å²) < 4.78 is 4.22. The number of hydrogen-bond donors (Lipinski definition) is 5. The largest absolute Gasteiger partial charge is 0.393 e. The smallest absolute Gasteiger partial charge is 0.262 e. The number of aliphatic hydroxyl groups excluding tert-OH is 1. The molecule has 2 aliphatic heterocycles. The van der Waals surface area contributed by atoms with E-state index in [1.54, 1.807) is 6.07 Å². The molecule has 3 aliphatic rings. The van der Waals surface area contributed by atoms with E-state index in [1.807, 2.05) is 59.4 Å². The number of rotatable bonds is 13. The molecule has 2 aromatic heterocycles. The van der Waals surface area contributed by atoms with Crippen LogP contribution in [0, 0.1) is 17.3 Å². The Balaban J connectivity index is 0.827. The van der Waals surface area contributed by atoms with E-state index in [-0.39, 0.29) is 48.6 Å². The van der Waals surface area contributed by atoms with E-state index >= 15 is 0 Å². The molecule has 14 nitrogen and oxygen atoms in total. The summed E-state index contributed by atoms with van der Waals surface area (Å²) in [6, 6.07) is 32.4. The van der Waals surface area contributed by atoms with Gasteiger partial charge in [0.05, 0.1) is 41.2 Å². The van der Waals surface area contributed by atoms with Gasteiger partial charge in [0.2, 0.25) is 17.7 Å². The maximum atomic E-state index is 13.1. The van der Waals surface area contributed by atoms with Gasteiger partial charge in [-0.1, -0.05) is 84.6 Å². The summed E-state index contributed by atoms with van der Waals surface area (Å²) >= 11 is 0. The number of piperidine rings is 1. The zero-order chi connectivity index (χ0) is 45.7. The Morgan fingerprint density at radius 2 is 1.58 bits per heavy atom. The normalized spacial score (nSPS) is 18.1. The Morgan fingerprint density at radius 1 is 0.833 bits per heavy atom. The highest BCUT2D eigenvalue weighted by molar-refractivity contribution is 6.23. The van der Waals surface area contributed by atoms with Crippen LogP contribution in [-0.2, 0) is 20.9 Å². The highest BCUT2D eigenvalue weighted by Gasteiger charge is 2.44. The minimum absolute atomic E-state index is 0.0409. The maximum Gasteiger partial charge on any atom is 0.262 e. The van der Waals surface area contributed by atoms with Gasteiger partial charge in [-0.05, 0) is 92.0 Å². The van der Waals surface area contributed by atoms with Crippen LogP contribution < -0.4 is 21.4 Å². The number of imide groups is 2. The van der Waals surface area contributed by atoms with Gasteiger partial charge in [0.25, 0.3) is 11.8 Å². The second-order valence-electron chi connectivity index (χ2n) is 17.1. The van der Waals surface area contributed by atoms with E-state index in [2.05, 4.69) is 68.8 Å². The number of nitrogens with one attached hydrogen (secondary N) is 4. The van der Waals surface area contributed by atoms with Gasteiger partial charge in [-0.25, -0.2) is 4.98 Å². The highest BCUT2D eigenvalue weighted by atomic mass is 16.3. The standard InChI is InChI=1S/C52H50N8O6/c53-48-46-45(35-15-6-3-7-16-35)47(36-17-8-4-9-18-36)58(49(46)56-32-59(48)38-20-22-39(61)23-21-38)31-34-14-11-13-33(28-34)12-5-1-2-10-27-54-44(63)30-55-37-19-24-40-41(29-37)52(66)60(51(40)65)42-25-26-43(62)57-50(42)64/h3-4,6-9,11,13-19,24,28-29,32,38-39,42,53,55,61H,1-2,10,20-23,25-27,30-31H2,(H,54,63)(H,57,62,64). The van der Waals surface area contributed by atoms with Crippen molar-refractivity contribution in [1.82, 2.24) is 29.7 Å². The molecule has 5 amide bonds. The van der Waals surface area contributed by atoms with Gasteiger partial charge < -0.3 is 24.9 Å². The molecular formula is C52H50N8O6. The van der Waals surface area contributed by atoms with Crippen molar-refractivity contribution < 1.29 is 29.1 Å². The lowest BCUT2D eigenvalue weighted by Gasteiger charge is -2.27. The Morgan fingerprint density at radius 3 is 2.33 bits per heavy atom. The molecule has 4 heterocycles. The Hall–Kier alpha value is -7.63. The van der Waals surface area contributed by atoms with Gasteiger partial charge in [-0.3, -0.25) is 39.6 Å². The predicted molar refractivity (Wildman–Crippen MR) is 249 cm³/mol. The van der Waals surface area contributed by atoms with E-state index in [1.165, 1.54) is 12.1 Å². The molecular weight excluding hydrogens is 833 g/mol. The molecule has 1 atom stereocenters. The molecule has 9 rings (SSSR count). The summed E-state index contributed by atoms with van der Waals surface area (Å²) in [6.07, 6.45) is 6.81. The number of unbranched alkanes of at least 4 members (excludes halogenated alkanes) is 2. The van der Waals surface area contributed by atoms with Crippen LogP contribution in [0.3, 0.4) is 0 Å². The molecule has 2 fully saturated rings. The Bertz CT molecular complexity index is 2980. The molecule has 14 heteroatoms. The van der Waals surface area contributed by atoms with Crippen LogP contribution in [0.2, 0.25) is 0 Å². The molecule has 66 heavy (non-hydrogen) atoms. The molecule has 4 aromatic carbocycles. The summed E-state index contributed by atoms with van der Waals surface area (Å²) in [5, 5.41) is 28.8. The number of aromatic nitrogens is 3. The van der Waals surface area contributed by atoms with Crippen LogP contribution in [0.15, 0.2) is 109 Å². The van der Waals surface area contributed by atoms with Crippen LogP contribution in [0.1, 0.15) is 95.7 Å². The van der Waals surface area contributed by atoms with E-state index in [0.29, 0.717) is 43.5 Å². The minimum Gasteiger partial charge on any atom is -0.393 e. The first kappa shape index (κ1) is 43.6. The predicted octanol–water partition coefficient (Wildman–Crippen LogP) is 6.33. The average Bonchev–Trinajstić information content (AvgIpc) is 3.79. The number of amides is 5. The zero-order valence-corrected chi connectivity index (χ0v) is 36.4. The lowest BCUT2D eigenvalue weighted by atomic mass is 9.93. The summed E-state index contributed by atoms with van der Waals surface area (Å²) in [5.41, 5.74) is 7.89. The molecule has 0 bridgehead atoms. The zero-order valence-electron chi connectivity index (χ0n) is 36.4. The first-order valence-corrected chi connectivity index (χ1v) is 22.6. The molecule has 1 unspecified atom stereocenters. The third kappa shape index (κ3) is 9.03. The fraction of sp³-hybridized carbons (Fsp3) is 0.288. The minimum atomic E-state index is -1.05. The summed E-state index contributed by atoms with van der Waals surface area (Å²) in [6.45, 7) is 0.935. The second-order valence-corrected chi connectivity index (χ2v) is 17.1. The summed E-state index contributed by atoms with van der Waals surface area (Å²) in [4.78, 5) is 68.7. The number of aliphatic hydroxyl groups is 1. The number of nitrogens with zero attached hydrogens (tertiary/aromatic N) is 4. The van der Waals surface area contributed by atoms with Gasteiger partial charge >= 0.3 is 0 Å². The number of anilines is 1. The van der Waals surface area contributed by atoms with Crippen molar-refractivity contribution >= 4 is 46.3 Å². The SMILES string of the molecule is N=c1c2c(-c3ccccc3)c(-c3ccccc3)n(Cc3cccc(C#CCCCCNC(=O)CNc4ccc5c(c4)C(=O)N(C4CCC(=O)NC4=O)C5=O)c3)c2ncn1C1CCC(O)CC1. The molecule has 0 radical (unpaired) electrons. The quantitative estimate of drug-likeness (QED) is 0.0505. The lowest BCUT2D eigenvalue weighted by Crippen LogP contribution is -2.54. The fourth-order valence-electron chi connectivity index (χ4n) is 9.30. The van der Waals surface area contributed by atoms with Crippen molar-refractivity contribution in [2.75, 3.05) is 18.4 Å². The van der Waals surface area contributed by atoms with Crippen molar-refractivity contribution in [3.8, 4) is 34.2 Å². The molecule has 5 N–H and O–H groups in total. The van der Waals surface area contributed by atoms with Gasteiger partial charge in [0.15, 0.2) is 0 Å². The average molecular weight is 883 g/mol. The van der Waals surface area contributed by atoms with Crippen molar-refractivity contribution in [2.24, 2.45) is 0 Å². The van der Waals surface area contributed by atoms with Gasteiger partial charge in [0, 0.05) is 48.8 Å². The molecule has 1 aliphatic carbocycles. The second kappa shape index (κ2) is 19.2. The third-order valence-corrected chi connectivity index (χ3v) is 12.6. The van der Waals surface area contributed by atoms with Crippen LogP contribution in [0.25, 0.3) is 33.4 Å². The molecule has 334 valence electrons. The van der Waals surface area contributed by atoms with Gasteiger partial charge in [-0.2, -0.15) is 0 Å². The molecule has 1 saturated carbocycles. The van der Waals surface area contributed by atoms with E-state index in [9.17, 15) is 34.5 Å². The third-order valence-electron chi connectivity index (χ3n) is 12.6. The van der Waals surface area contributed by atoms with Crippen molar-refractivity contribution in [3.63, 3.8) is 0 Å². The monoisotopic (exact) mass is 882 g/mol.